The Hall–Kier alpha value is -1.10. The molecule has 0 saturated carbocycles. The number of hydrogen-bond donors (Lipinski definition) is 2. The van der Waals surface area contributed by atoms with Crippen LogP contribution in [0.3, 0.4) is 0 Å². The molecule has 2 unspecified atom stereocenters. The molecule has 0 aliphatic carbocycles. The van der Waals surface area contributed by atoms with Gasteiger partial charge in [-0.3, -0.25) is 9.59 Å². The van der Waals surface area contributed by atoms with Crippen molar-refractivity contribution in [3.63, 3.8) is 0 Å². The summed E-state index contributed by atoms with van der Waals surface area (Å²) < 4.78 is 0. The number of likely N-dealkylation sites (tertiary alicyclic amines) is 1. The van der Waals surface area contributed by atoms with Crippen LogP contribution in [-0.2, 0) is 9.59 Å². The van der Waals surface area contributed by atoms with Crippen molar-refractivity contribution in [1.29, 1.82) is 0 Å². The first-order valence-corrected chi connectivity index (χ1v) is 6.31. The molecule has 98 valence electrons. The van der Waals surface area contributed by atoms with Crippen LogP contribution in [0.1, 0.15) is 39.5 Å². The predicted molar refractivity (Wildman–Crippen MR) is 64.3 cm³/mol. The number of carbonyl (C=O) groups is 2. The van der Waals surface area contributed by atoms with E-state index in [1.807, 2.05) is 6.92 Å². The second-order valence-electron chi connectivity index (χ2n) is 4.55. The van der Waals surface area contributed by atoms with Crippen LogP contribution in [-0.4, -0.2) is 47.1 Å². The zero-order valence-corrected chi connectivity index (χ0v) is 10.6. The summed E-state index contributed by atoms with van der Waals surface area (Å²) in [7, 11) is 0. The third-order valence-electron chi connectivity index (χ3n) is 3.00. The quantitative estimate of drug-likeness (QED) is 0.743. The Balaban J connectivity index is 2.58. The molecule has 1 saturated heterocycles. The van der Waals surface area contributed by atoms with Gasteiger partial charge in [-0.15, -0.1) is 0 Å². The zero-order chi connectivity index (χ0) is 12.8. The first kappa shape index (κ1) is 14.0. The van der Waals surface area contributed by atoms with Crippen LogP contribution in [0.5, 0.6) is 0 Å². The fourth-order valence-corrected chi connectivity index (χ4v) is 2.07. The van der Waals surface area contributed by atoms with Crippen LogP contribution < -0.4 is 5.32 Å². The molecular weight excluding hydrogens is 220 g/mol. The minimum Gasteiger partial charge on any atom is -0.392 e. The second-order valence-corrected chi connectivity index (χ2v) is 4.55. The summed E-state index contributed by atoms with van der Waals surface area (Å²) in [6.07, 6.45) is 2.53. The summed E-state index contributed by atoms with van der Waals surface area (Å²) in [6, 6.07) is -0.352. The van der Waals surface area contributed by atoms with Crippen molar-refractivity contribution in [3.8, 4) is 0 Å². The van der Waals surface area contributed by atoms with Gasteiger partial charge in [0.05, 0.1) is 6.10 Å². The molecule has 1 rings (SSSR count). The molecule has 5 nitrogen and oxygen atoms in total. The fourth-order valence-electron chi connectivity index (χ4n) is 2.07. The molecule has 0 aromatic rings. The number of nitrogens with one attached hydrogen (secondary N) is 1. The molecule has 5 heteroatoms. The van der Waals surface area contributed by atoms with E-state index in [-0.39, 0.29) is 24.4 Å². The van der Waals surface area contributed by atoms with Crippen LogP contribution in [0.25, 0.3) is 0 Å². The van der Waals surface area contributed by atoms with E-state index in [2.05, 4.69) is 5.32 Å². The predicted octanol–water partition coefficient (Wildman–Crippen LogP) is 0.274. The average molecular weight is 242 g/mol. The van der Waals surface area contributed by atoms with E-state index in [1.165, 1.54) is 0 Å². The minimum absolute atomic E-state index is 0.0295. The van der Waals surface area contributed by atoms with Gasteiger partial charge in [-0.1, -0.05) is 6.92 Å². The zero-order valence-electron chi connectivity index (χ0n) is 10.6. The number of piperidine rings is 1. The molecular formula is C12H22N2O3. The van der Waals surface area contributed by atoms with Gasteiger partial charge in [0.1, 0.15) is 6.04 Å². The Morgan fingerprint density at radius 2 is 2.18 bits per heavy atom. The van der Waals surface area contributed by atoms with Gasteiger partial charge in [-0.25, -0.2) is 0 Å². The van der Waals surface area contributed by atoms with E-state index in [9.17, 15) is 9.59 Å². The van der Waals surface area contributed by atoms with E-state index in [4.69, 9.17) is 5.11 Å². The molecule has 0 spiro atoms. The third-order valence-corrected chi connectivity index (χ3v) is 3.00. The Bertz CT molecular complexity index is 279. The summed E-state index contributed by atoms with van der Waals surface area (Å²) in [5, 5.41) is 11.8. The lowest BCUT2D eigenvalue weighted by Gasteiger charge is -2.34. The fraction of sp³-hybridized carbons (Fsp3) is 0.833. The lowest BCUT2D eigenvalue weighted by atomic mass is 10.0. The van der Waals surface area contributed by atoms with E-state index >= 15 is 0 Å². The van der Waals surface area contributed by atoms with Crippen molar-refractivity contribution >= 4 is 11.8 Å². The lowest BCUT2D eigenvalue weighted by molar-refractivity contribution is -0.142. The van der Waals surface area contributed by atoms with Gasteiger partial charge in [0.2, 0.25) is 11.8 Å². The van der Waals surface area contributed by atoms with Crippen LogP contribution in [0.2, 0.25) is 0 Å². The summed E-state index contributed by atoms with van der Waals surface area (Å²) in [4.78, 5) is 25.3. The van der Waals surface area contributed by atoms with Gasteiger partial charge in [0.25, 0.3) is 0 Å². The summed E-state index contributed by atoms with van der Waals surface area (Å²) in [6.45, 7) is 4.33. The third kappa shape index (κ3) is 4.00. The van der Waals surface area contributed by atoms with Gasteiger partial charge < -0.3 is 15.3 Å². The van der Waals surface area contributed by atoms with Crippen LogP contribution in [0, 0.1) is 0 Å². The normalized spacial score (nSPS) is 22.1. The average Bonchev–Trinajstić information content (AvgIpc) is 2.34. The maximum Gasteiger partial charge on any atom is 0.242 e. The summed E-state index contributed by atoms with van der Waals surface area (Å²) in [5.41, 5.74) is 0. The van der Waals surface area contributed by atoms with Crippen molar-refractivity contribution in [2.24, 2.45) is 0 Å². The first-order chi connectivity index (χ1) is 8.06. The molecule has 1 fully saturated rings. The molecule has 1 aliphatic heterocycles. The highest BCUT2D eigenvalue weighted by molar-refractivity contribution is 5.87. The molecule has 0 bridgehead atoms. The second kappa shape index (κ2) is 6.59. The van der Waals surface area contributed by atoms with Crippen LogP contribution >= 0.6 is 0 Å². The molecule has 2 atom stereocenters. The number of aliphatic hydroxyl groups is 1. The number of aliphatic hydroxyl groups excluding tert-OH is 1. The largest absolute Gasteiger partial charge is 0.392 e. The van der Waals surface area contributed by atoms with Gasteiger partial charge in [-0.2, -0.15) is 0 Å². The maximum atomic E-state index is 11.9. The number of hydrogen-bond acceptors (Lipinski definition) is 3. The number of rotatable bonds is 4. The van der Waals surface area contributed by atoms with Gasteiger partial charge in [-0.05, 0) is 26.2 Å². The first-order valence-electron chi connectivity index (χ1n) is 6.31. The highest BCUT2D eigenvalue weighted by atomic mass is 16.3. The van der Waals surface area contributed by atoms with Crippen molar-refractivity contribution < 1.29 is 14.7 Å². The van der Waals surface area contributed by atoms with Gasteiger partial charge >= 0.3 is 0 Å². The Kier molecular flexibility index (Phi) is 5.41. The Morgan fingerprint density at radius 1 is 1.47 bits per heavy atom. The summed E-state index contributed by atoms with van der Waals surface area (Å²) in [5.74, 6) is -0.116. The van der Waals surface area contributed by atoms with Crippen molar-refractivity contribution in [3.05, 3.63) is 0 Å². The highest BCUT2D eigenvalue weighted by Gasteiger charge is 2.30. The SMILES string of the molecule is CCC(=O)N1CCCCC1C(=O)NCC(C)O. The lowest BCUT2D eigenvalue weighted by Crippen LogP contribution is -2.52. The molecule has 1 heterocycles. The summed E-state index contributed by atoms with van der Waals surface area (Å²) >= 11 is 0. The monoisotopic (exact) mass is 242 g/mol. The highest BCUT2D eigenvalue weighted by Crippen LogP contribution is 2.18. The molecule has 0 radical (unpaired) electrons. The van der Waals surface area contributed by atoms with Crippen molar-refractivity contribution in [2.45, 2.75) is 51.7 Å². The number of amides is 2. The molecule has 2 N–H and O–H groups in total. The maximum absolute atomic E-state index is 11.9. The number of nitrogens with zero attached hydrogens (tertiary/aromatic N) is 1. The minimum atomic E-state index is -0.558. The standard InChI is InChI=1S/C12H22N2O3/c1-3-11(16)14-7-5-4-6-10(14)12(17)13-8-9(2)15/h9-10,15H,3-8H2,1-2H3,(H,13,17). The van der Waals surface area contributed by atoms with E-state index in [0.717, 1.165) is 19.3 Å². The van der Waals surface area contributed by atoms with Gasteiger partial charge in [0.15, 0.2) is 0 Å². The van der Waals surface area contributed by atoms with E-state index < -0.39 is 6.10 Å². The topological polar surface area (TPSA) is 69.6 Å². The molecule has 1 aliphatic rings. The van der Waals surface area contributed by atoms with Crippen LogP contribution in [0.4, 0.5) is 0 Å². The van der Waals surface area contributed by atoms with E-state index in [0.29, 0.717) is 13.0 Å². The smallest absolute Gasteiger partial charge is 0.242 e. The molecule has 0 aromatic carbocycles. The van der Waals surface area contributed by atoms with Crippen LogP contribution in [0.15, 0.2) is 0 Å². The molecule has 2 amide bonds. The van der Waals surface area contributed by atoms with Gasteiger partial charge in [0, 0.05) is 19.5 Å². The molecule has 0 aromatic heterocycles. The molecule has 17 heavy (non-hydrogen) atoms. The van der Waals surface area contributed by atoms with Crippen molar-refractivity contribution in [2.75, 3.05) is 13.1 Å². The van der Waals surface area contributed by atoms with E-state index in [1.54, 1.807) is 11.8 Å². The Labute approximate surface area is 102 Å². The van der Waals surface area contributed by atoms with Crippen molar-refractivity contribution in [1.82, 2.24) is 10.2 Å². The Morgan fingerprint density at radius 3 is 2.76 bits per heavy atom. The number of carbonyl (C=O) groups excluding carboxylic acids is 2.